The van der Waals surface area contributed by atoms with Crippen molar-refractivity contribution in [3.05, 3.63) is 30.1 Å². The number of hydrogen-bond donors (Lipinski definition) is 1. The average molecular weight is 246 g/mol. The van der Waals surface area contributed by atoms with Gasteiger partial charge in [-0.15, -0.1) is 0 Å². The van der Waals surface area contributed by atoms with Crippen LogP contribution in [0.5, 0.6) is 0 Å². The molecule has 1 aromatic heterocycles. The van der Waals surface area contributed by atoms with Gasteiger partial charge in [0.15, 0.2) is 0 Å². The number of hydrogen-bond acceptors (Lipinski definition) is 2. The monoisotopic (exact) mass is 246 g/mol. The molecule has 2 atom stereocenters. The van der Waals surface area contributed by atoms with E-state index in [0.29, 0.717) is 11.5 Å². The van der Waals surface area contributed by atoms with Gasteiger partial charge in [-0.25, -0.2) is 0 Å². The lowest BCUT2D eigenvalue weighted by Gasteiger charge is -2.39. The van der Waals surface area contributed by atoms with E-state index in [1.165, 1.54) is 24.8 Å². The normalized spacial score (nSPS) is 27.1. The van der Waals surface area contributed by atoms with Crippen molar-refractivity contribution in [2.45, 2.75) is 52.5 Å². The highest BCUT2D eigenvalue weighted by Crippen LogP contribution is 2.38. The van der Waals surface area contributed by atoms with Gasteiger partial charge in [-0.3, -0.25) is 4.98 Å². The van der Waals surface area contributed by atoms with E-state index in [9.17, 15) is 0 Å². The Kier molecular flexibility index (Phi) is 4.39. The van der Waals surface area contributed by atoms with E-state index in [1.807, 2.05) is 18.5 Å². The summed E-state index contributed by atoms with van der Waals surface area (Å²) in [5, 5.41) is 3.73. The lowest BCUT2D eigenvalue weighted by molar-refractivity contribution is 0.149. The van der Waals surface area contributed by atoms with Crippen LogP contribution in [0, 0.1) is 11.3 Å². The summed E-state index contributed by atoms with van der Waals surface area (Å²) in [6.45, 7) is 8.26. The summed E-state index contributed by atoms with van der Waals surface area (Å²) in [7, 11) is 0. The molecule has 2 unspecified atom stereocenters. The quantitative estimate of drug-likeness (QED) is 0.880. The third-order valence-electron chi connectivity index (χ3n) is 4.24. The first kappa shape index (κ1) is 13.5. The molecular formula is C16H26N2. The Balaban J connectivity index is 1.74. The number of aromatic nitrogens is 1. The van der Waals surface area contributed by atoms with Crippen LogP contribution in [0.15, 0.2) is 24.5 Å². The van der Waals surface area contributed by atoms with Gasteiger partial charge in [0, 0.05) is 18.4 Å². The fourth-order valence-electron chi connectivity index (χ4n) is 3.20. The fourth-order valence-corrected chi connectivity index (χ4v) is 3.20. The van der Waals surface area contributed by atoms with Crippen molar-refractivity contribution in [1.29, 1.82) is 0 Å². The van der Waals surface area contributed by atoms with E-state index < -0.39 is 0 Å². The van der Waals surface area contributed by atoms with E-state index in [2.05, 4.69) is 37.1 Å². The van der Waals surface area contributed by atoms with E-state index in [1.54, 1.807) is 0 Å². The van der Waals surface area contributed by atoms with Crippen molar-refractivity contribution in [3.8, 4) is 0 Å². The van der Waals surface area contributed by atoms with Gasteiger partial charge >= 0.3 is 0 Å². The molecule has 0 bridgehead atoms. The summed E-state index contributed by atoms with van der Waals surface area (Å²) >= 11 is 0. The third-order valence-corrected chi connectivity index (χ3v) is 4.24. The molecule has 0 saturated heterocycles. The molecule has 1 N–H and O–H groups in total. The fraction of sp³-hybridized carbons (Fsp3) is 0.688. The first-order chi connectivity index (χ1) is 8.57. The van der Waals surface area contributed by atoms with Gasteiger partial charge in [0.25, 0.3) is 0 Å². The van der Waals surface area contributed by atoms with E-state index in [0.717, 1.165) is 18.9 Å². The molecule has 1 aliphatic rings. The van der Waals surface area contributed by atoms with Gasteiger partial charge < -0.3 is 5.32 Å². The number of rotatable bonds is 4. The predicted molar refractivity (Wildman–Crippen MR) is 76.5 cm³/mol. The number of nitrogens with one attached hydrogen (secondary N) is 1. The van der Waals surface area contributed by atoms with Crippen LogP contribution in [0.3, 0.4) is 0 Å². The molecule has 1 fully saturated rings. The number of nitrogens with zero attached hydrogens (tertiary/aromatic N) is 1. The first-order valence-corrected chi connectivity index (χ1v) is 7.19. The minimum atomic E-state index is 0.543. The summed E-state index contributed by atoms with van der Waals surface area (Å²) in [6, 6.07) is 4.87. The van der Waals surface area contributed by atoms with E-state index in [-0.39, 0.29) is 0 Å². The molecule has 0 radical (unpaired) electrons. The smallest absolute Gasteiger partial charge is 0.0300 e. The van der Waals surface area contributed by atoms with Crippen LogP contribution in [-0.4, -0.2) is 17.6 Å². The Morgan fingerprint density at radius 3 is 2.94 bits per heavy atom. The maximum absolute atomic E-state index is 4.16. The van der Waals surface area contributed by atoms with Gasteiger partial charge in [-0.2, -0.15) is 0 Å². The molecule has 1 aromatic rings. The largest absolute Gasteiger partial charge is 0.313 e. The molecule has 0 aromatic carbocycles. The summed E-state index contributed by atoms with van der Waals surface area (Å²) in [6.07, 6.45) is 8.90. The predicted octanol–water partition coefficient (Wildman–Crippen LogP) is 3.43. The Labute approximate surface area is 111 Å². The molecule has 1 aliphatic carbocycles. The Morgan fingerprint density at radius 1 is 1.44 bits per heavy atom. The minimum absolute atomic E-state index is 0.543. The lowest BCUT2D eigenvalue weighted by Crippen LogP contribution is -2.42. The van der Waals surface area contributed by atoms with Crippen molar-refractivity contribution < 1.29 is 0 Å². The van der Waals surface area contributed by atoms with Crippen molar-refractivity contribution >= 4 is 0 Å². The Bertz CT molecular complexity index is 359. The van der Waals surface area contributed by atoms with Gasteiger partial charge in [0.2, 0.25) is 0 Å². The highest BCUT2D eigenvalue weighted by Gasteiger charge is 2.31. The van der Waals surface area contributed by atoms with E-state index in [4.69, 9.17) is 0 Å². The summed E-state index contributed by atoms with van der Waals surface area (Å²) in [5.41, 5.74) is 1.87. The third kappa shape index (κ3) is 3.81. The second kappa shape index (κ2) is 5.83. The van der Waals surface area contributed by atoms with Crippen molar-refractivity contribution in [1.82, 2.24) is 10.3 Å². The zero-order chi connectivity index (χ0) is 13.0. The van der Waals surface area contributed by atoms with Gasteiger partial charge in [0.05, 0.1) is 0 Å². The summed E-state index contributed by atoms with van der Waals surface area (Å²) in [5.74, 6) is 0.794. The topological polar surface area (TPSA) is 24.9 Å². The maximum Gasteiger partial charge on any atom is 0.0300 e. The summed E-state index contributed by atoms with van der Waals surface area (Å²) in [4.78, 5) is 4.16. The van der Waals surface area contributed by atoms with Crippen LogP contribution < -0.4 is 5.32 Å². The van der Waals surface area contributed by atoms with Gasteiger partial charge in [-0.05, 0) is 55.2 Å². The van der Waals surface area contributed by atoms with Crippen LogP contribution >= 0.6 is 0 Å². The second-order valence-corrected chi connectivity index (χ2v) is 6.56. The molecule has 1 heterocycles. The van der Waals surface area contributed by atoms with Crippen LogP contribution in [0.4, 0.5) is 0 Å². The molecular weight excluding hydrogens is 220 g/mol. The van der Waals surface area contributed by atoms with Crippen LogP contribution in [-0.2, 0) is 6.42 Å². The minimum Gasteiger partial charge on any atom is -0.313 e. The van der Waals surface area contributed by atoms with Crippen molar-refractivity contribution in [3.63, 3.8) is 0 Å². The van der Waals surface area contributed by atoms with Gasteiger partial charge in [0.1, 0.15) is 0 Å². The number of pyridine rings is 1. The molecule has 18 heavy (non-hydrogen) atoms. The van der Waals surface area contributed by atoms with Crippen LogP contribution in [0.1, 0.15) is 45.6 Å². The van der Waals surface area contributed by atoms with Crippen LogP contribution in [0.25, 0.3) is 0 Å². The Morgan fingerprint density at radius 2 is 2.28 bits per heavy atom. The second-order valence-electron chi connectivity index (χ2n) is 6.56. The molecule has 0 spiro atoms. The molecule has 1 saturated carbocycles. The molecule has 2 rings (SSSR count). The molecule has 100 valence electrons. The summed E-state index contributed by atoms with van der Waals surface area (Å²) < 4.78 is 0. The zero-order valence-corrected chi connectivity index (χ0v) is 11.9. The highest BCUT2D eigenvalue weighted by molar-refractivity contribution is 5.08. The van der Waals surface area contributed by atoms with E-state index >= 15 is 0 Å². The van der Waals surface area contributed by atoms with Gasteiger partial charge in [-0.1, -0.05) is 26.8 Å². The highest BCUT2D eigenvalue weighted by atomic mass is 14.9. The SMILES string of the molecule is CC1CC(C)(C)CCC1NCCc1cccnc1. The molecule has 2 nitrogen and oxygen atoms in total. The Hall–Kier alpha value is -0.890. The zero-order valence-electron chi connectivity index (χ0n) is 11.9. The average Bonchev–Trinajstić information content (AvgIpc) is 2.33. The molecule has 0 aliphatic heterocycles. The first-order valence-electron chi connectivity index (χ1n) is 7.19. The molecule has 0 amide bonds. The standard InChI is InChI=1S/C16H26N2/c1-13-11-16(2,3)8-6-15(13)18-10-7-14-5-4-9-17-12-14/h4-5,9,12-13,15,18H,6-8,10-11H2,1-3H3. The molecule has 2 heteroatoms. The maximum atomic E-state index is 4.16. The lowest BCUT2D eigenvalue weighted by atomic mass is 9.70. The van der Waals surface area contributed by atoms with Crippen molar-refractivity contribution in [2.24, 2.45) is 11.3 Å². The van der Waals surface area contributed by atoms with Crippen LogP contribution in [0.2, 0.25) is 0 Å². The van der Waals surface area contributed by atoms with Crippen molar-refractivity contribution in [2.75, 3.05) is 6.54 Å².